The standard InChI is InChI=1S/C17H22F3N7O2/c1-11-13(9-23-26-11)24-16-22-8-12(17(18,19)20)15(25-16)21-4-2-5-27-6-3-7-29-10-14(27)28/h8-9H,2-7,10H2,1H3,(H,23,26)(H2,21,22,24,25). The molecule has 29 heavy (non-hydrogen) atoms. The summed E-state index contributed by atoms with van der Waals surface area (Å²) in [5.41, 5.74) is 0.248. The molecule has 0 aromatic carbocycles. The van der Waals surface area contributed by atoms with E-state index in [0.717, 1.165) is 12.6 Å². The number of aryl methyl sites for hydroxylation is 1. The van der Waals surface area contributed by atoms with Crippen LogP contribution in [-0.2, 0) is 15.7 Å². The lowest BCUT2D eigenvalue weighted by Gasteiger charge is -2.20. The summed E-state index contributed by atoms with van der Waals surface area (Å²) in [4.78, 5) is 21.3. The van der Waals surface area contributed by atoms with Crippen LogP contribution in [0.4, 0.5) is 30.6 Å². The van der Waals surface area contributed by atoms with Crippen LogP contribution >= 0.6 is 0 Å². The van der Waals surface area contributed by atoms with E-state index < -0.39 is 11.7 Å². The summed E-state index contributed by atoms with van der Waals surface area (Å²) >= 11 is 0. The molecule has 0 atom stereocenters. The molecule has 0 bridgehead atoms. The maximum atomic E-state index is 13.3. The third-order valence-electron chi connectivity index (χ3n) is 4.36. The summed E-state index contributed by atoms with van der Waals surface area (Å²) in [5, 5.41) is 12.1. The highest BCUT2D eigenvalue weighted by Crippen LogP contribution is 2.34. The van der Waals surface area contributed by atoms with E-state index >= 15 is 0 Å². The number of ether oxygens (including phenoxy) is 1. The minimum atomic E-state index is -4.59. The molecule has 3 rings (SSSR count). The molecule has 2 aromatic rings. The monoisotopic (exact) mass is 413 g/mol. The summed E-state index contributed by atoms with van der Waals surface area (Å²) < 4.78 is 45.1. The van der Waals surface area contributed by atoms with Crippen molar-refractivity contribution in [1.82, 2.24) is 25.1 Å². The number of nitrogens with zero attached hydrogens (tertiary/aromatic N) is 4. The van der Waals surface area contributed by atoms with Gasteiger partial charge in [-0.25, -0.2) is 4.98 Å². The van der Waals surface area contributed by atoms with Crippen molar-refractivity contribution < 1.29 is 22.7 Å². The van der Waals surface area contributed by atoms with Gasteiger partial charge in [-0.2, -0.15) is 23.3 Å². The third-order valence-corrected chi connectivity index (χ3v) is 4.36. The second kappa shape index (κ2) is 9.07. The number of alkyl halides is 3. The van der Waals surface area contributed by atoms with Crippen LogP contribution in [0.1, 0.15) is 24.1 Å². The van der Waals surface area contributed by atoms with E-state index in [2.05, 4.69) is 30.8 Å². The average Bonchev–Trinajstić information content (AvgIpc) is 2.94. The second-order valence-corrected chi connectivity index (χ2v) is 6.53. The Morgan fingerprint density at radius 2 is 2.21 bits per heavy atom. The number of hydrogen-bond donors (Lipinski definition) is 3. The van der Waals surface area contributed by atoms with Crippen LogP contribution < -0.4 is 10.6 Å². The van der Waals surface area contributed by atoms with Crippen molar-refractivity contribution in [3.05, 3.63) is 23.7 Å². The molecule has 12 heteroatoms. The van der Waals surface area contributed by atoms with Gasteiger partial charge >= 0.3 is 6.18 Å². The minimum Gasteiger partial charge on any atom is -0.372 e. The van der Waals surface area contributed by atoms with Crippen LogP contribution in [0.25, 0.3) is 0 Å². The molecule has 1 saturated heterocycles. The van der Waals surface area contributed by atoms with Crippen molar-refractivity contribution in [2.45, 2.75) is 25.9 Å². The Morgan fingerprint density at radius 3 is 2.93 bits per heavy atom. The fourth-order valence-electron chi connectivity index (χ4n) is 2.84. The van der Waals surface area contributed by atoms with Gasteiger partial charge in [-0.1, -0.05) is 0 Å². The number of H-pyrrole nitrogens is 1. The molecule has 0 unspecified atom stereocenters. The molecule has 9 nitrogen and oxygen atoms in total. The molecule has 3 N–H and O–H groups in total. The van der Waals surface area contributed by atoms with Gasteiger partial charge in [0.25, 0.3) is 0 Å². The maximum Gasteiger partial charge on any atom is 0.421 e. The Morgan fingerprint density at radius 1 is 1.38 bits per heavy atom. The van der Waals surface area contributed by atoms with Gasteiger partial charge in [0.2, 0.25) is 11.9 Å². The fraction of sp³-hybridized carbons (Fsp3) is 0.529. The number of hydrogen-bond acceptors (Lipinski definition) is 7. The first-order chi connectivity index (χ1) is 13.8. The summed E-state index contributed by atoms with van der Waals surface area (Å²) in [6, 6.07) is 0. The van der Waals surface area contributed by atoms with E-state index in [0.29, 0.717) is 37.5 Å². The first-order valence-corrected chi connectivity index (χ1v) is 9.15. The lowest BCUT2D eigenvalue weighted by Crippen LogP contribution is -2.34. The van der Waals surface area contributed by atoms with Gasteiger partial charge in [0, 0.05) is 38.6 Å². The topological polar surface area (TPSA) is 108 Å². The highest BCUT2D eigenvalue weighted by atomic mass is 19.4. The van der Waals surface area contributed by atoms with Gasteiger partial charge in [0.15, 0.2) is 0 Å². The van der Waals surface area contributed by atoms with Crippen molar-refractivity contribution in [2.24, 2.45) is 0 Å². The molecule has 0 spiro atoms. The van der Waals surface area contributed by atoms with Crippen molar-refractivity contribution >= 4 is 23.4 Å². The van der Waals surface area contributed by atoms with Crippen LogP contribution in [0.5, 0.6) is 0 Å². The molecule has 2 aromatic heterocycles. The van der Waals surface area contributed by atoms with Gasteiger partial charge in [0.1, 0.15) is 18.0 Å². The normalized spacial score (nSPS) is 15.3. The minimum absolute atomic E-state index is 0.0184. The molecule has 158 valence electrons. The van der Waals surface area contributed by atoms with Crippen LogP contribution in [0, 0.1) is 6.92 Å². The van der Waals surface area contributed by atoms with E-state index in [1.54, 1.807) is 18.0 Å². The van der Waals surface area contributed by atoms with Crippen LogP contribution in [-0.4, -0.2) is 63.8 Å². The van der Waals surface area contributed by atoms with Crippen molar-refractivity contribution in [3.8, 4) is 0 Å². The molecule has 0 radical (unpaired) electrons. The summed E-state index contributed by atoms with van der Waals surface area (Å²) in [5.74, 6) is -0.408. The van der Waals surface area contributed by atoms with Gasteiger partial charge in [-0.3, -0.25) is 9.89 Å². The Bertz CT molecular complexity index is 841. The number of carbonyl (C=O) groups is 1. The number of aromatic amines is 1. The highest BCUT2D eigenvalue weighted by Gasteiger charge is 2.35. The van der Waals surface area contributed by atoms with E-state index in [4.69, 9.17) is 4.74 Å². The molecule has 1 aliphatic heterocycles. The van der Waals surface area contributed by atoms with Crippen molar-refractivity contribution in [3.63, 3.8) is 0 Å². The van der Waals surface area contributed by atoms with Crippen molar-refractivity contribution in [2.75, 3.05) is 43.5 Å². The summed E-state index contributed by atoms with van der Waals surface area (Å²) in [6.45, 7) is 3.54. The predicted molar refractivity (Wildman–Crippen MR) is 98.8 cm³/mol. The first-order valence-electron chi connectivity index (χ1n) is 9.15. The summed E-state index contributed by atoms with van der Waals surface area (Å²) in [7, 11) is 0. The number of aromatic nitrogens is 4. The van der Waals surface area contributed by atoms with Crippen LogP contribution in [0.2, 0.25) is 0 Å². The Balaban J connectivity index is 1.64. The maximum absolute atomic E-state index is 13.3. The lowest BCUT2D eigenvalue weighted by molar-refractivity contribution is -0.137. The largest absolute Gasteiger partial charge is 0.421 e. The molecule has 1 aliphatic rings. The summed E-state index contributed by atoms with van der Waals surface area (Å²) in [6.07, 6.45) is -1.08. The van der Waals surface area contributed by atoms with E-state index in [-0.39, 0.29) is 30.8 Å². The smallest absolute Gasteiger partial charge is 0.372 e. The zero-order valence-corrected chi connectivity index (χ0v) is 15.8. The number of rotatable bonds is 7. The number of amides is 1. The number of halogens is 3. The first kappa shape index (κ1) is 20.8. The highest BCUT2D eigenvalue weighted by molar-refractivity contribution is 5.77. The Labute approximate surface area is 165 Å². The zero-order chi connectivity index (χ0) is 20.9. The molecule has 0 saturated carbocycles. The number of anilines is 3. The Kier molecular flexibility index (Phi) is 6.52. The predicted octanol–water partition coefficient (Wildman–Crippen LogP) is 2.32. The molecular formula is C17H22F3N7O2. The number of carbonyl (C=O) groups excluding carboxylic acids is 1. The SMILES string of the molecule is Cc1n[nH]cc1Nc1ncc(C(F)(F)F)c(NCCCN2CCCOCC2=O)n1. The van der Waals surface area contributed by atoms with Gasteiger partial charge in [0.05, 0.1) is 11.4 Å². The fourth-order valence-corrected chi connectivity index (χ4v) is 2.84. The molecule has 1 amide bonds. The third kappa shape index (κ3) is 5.56. The quantitative estimate of drug-likeness (QED) is 0.598. The Hall–Kier alpha value is -2.89. The van der Waals surface area contributed by atoms with Crippen molar-refractivity contribution in [1.29, 1.82) is 0 Å². The van der Waals surface area contributed by atoms with Gasteiger partial charge in [-0.05, 0) is 19.8 Å². The molecule has 3 heterocycles. The van der Waals surface area contributed by atoms with E-state index in [1.165, 1.54) is 0 Å². The molecule has 1 fully saturated rings. The van der Waals surface area contributed by atoms with Crippen LogP contribution in [0.15, 0.2) is 12.4 Å². The number of nitrogens with one attached hydrogen (secondary N) is 3. The van der Waals surface area contributed by atoms with Crippen LogP contribution in [0.3, 0.4) is 0 Å². The zero-order valence-electron chi connectivity index (χ0n) is 15.8. The second-order valence-electron chi connectivity index (χ2n) is 6.53. The average molecular weight is 413 g/mol. The lowest BCUT2D eigenvalue weighted by atomic mass is 10.3. The van der Waals surface area contributed by atoms with E-state index in [1.807, 2.05) is 0 Å². The van der Waals surface area contributed by atoms with Gasteiger partial charge in [-0.15, -0.1) is 0 Å². The van der Waals surface area contributed by atoms with Gasteiger partial charge < -0.3 is 20.3 Å². The molecular weight excluding hydrogens is 391 g/mol. The molecule has 0 aliphatic carbocycles. The van der Waals surface area contributed by atoms with E-state index in [9.17, 15) is 18.0 Å².